The van der Waals surface area contributed by atoms with Crippen LogP contribution in [-0.2, 0) is 11.3 Å². The minimum absolute atomic E-state index is 0.199. The normalized spacial score (nSPS) is 12.0. The van der Waals surface area contributed by atoms with Crippen molar-refractivity contribution in [3.63, 3.8) is 0 Å². The van der Waals surface area contributed by atoms with Crippen LogP contribution >= 0.6 is 0 Å². The van der Waals surface area contributed by atoms with Crippen molar-refractivity contribution in [1.82, 2.24) is 25.3 Å². The second-order valence-electron chi connectivity index (χ2n) is 7.04. The number of benzene rings is 2. The summed E-state index contributed by atoms with van der Waals surface area (Å²) in [6.07, 6.45) is 0. The van der Waals surface area contributed by atoms with E-state index in [4.69, 9.17) is 10.2 Å². The molecular weight excluding hydrogens is 380 g/mol. The molecule has 1 amide bonds. The van der Waals surface area contributed by atoms with Gasteiger partial charge in [-0.2, -0.15) is 5.10 Å². The summed E-state index contributed by atoms with van der Waals surface area (Å²) in [5.41, 5.74) is 9.72. The quantitative estimate of drug-likeness (QED) is 0.513. The number of nitrogens with zero attached hydrogens (tertiary/aromatic N) is 4. The van der Waals surface area contributed by atoms with Crippen molar-refractivity contribution in [2.24, 2.45) is 5.73 Å². The molecule has 0 fully saturated rings. The van der Waals surface area contributed by atoms with Gasteiger partial charge in [0.05, 0.1) is 17.4 Å². The molecule has 30 heavy (non-hydrogen) atoms. The third kappa shape index (κ3) is 4.13. The molecule has 8 nitrogen and oxygen atoms in total. The number of nitrogens with one attached hydrogen (secondary N) is 1. The molecule has 3 N–H and O–H groups in total. The highest BCUT2D eigenvalue weighted by molar-refractivity contribution is 5.80. The standard InChI is InChI=1S/C22H22N6O2/c1-14-11-19(22-26-25-21(30-22)17-8-4-3-5-9-17)28(27-14)18-10-6-7-16(12-18)13-24-20(29)15(2)23/h3-12,15H,13,23H2,1-2H3,(H,24,29). The first-order valence-corrected chi connectivity index (χ1v) is 9.60. The molecule has 2 aromatic carbocycles. The van der Waals surface area contributed by atoms with Gasteiger partial charge in [-0.05, 0) is 49.7 Å². The number of carbonyl (C=O) groups is 1. The molecule has 4 rings (SSSR count). The van der Waals surface area contributed by atoms with Crippen LogP contribution in [0.4, 0.5) is 0 Å². The zero-order chi connectivity index (χ0) is 21.1. The third-order valence-electron chi connectivity index (χ3n) is 4.53. The average molecular weight is 402 g/mol. The molecule has 2 aromatic heterocycles. The number of aryl methyl sites for hydroxylation is 1. The summed E-state index contributed by atoms with van der Waals surface area (Å²) in [5.74, 6) is 0.629. The molecule has 4 aromatic rings. The number of amides is 1. The number of hydrogen-bond donors (Lipinski definition) is 2. The number of rotatable bonds is 6. The summed E-state index contributed by atoms with van der Waals surface area (Å²) in [4.78, 5) is 11.8. The van der Waals surface area contributed by atoms with Crippen molar-refractivity contribution >= 4 is 5.91 Å². The minimum Gasteiger partial charge on any atom is -0.415 e. The van der Waals surface area contributed by atoms with Crippen molar-refractivity contribution in [2.45, 2.75) is 26.4 Å². The fraction of sp³-hybridized carbons (Fsp3) is 0.182. The van der Waals surface area contributed by atoms with Crippen molar-refractivity contribution in [2.75, 3.05) is 0 Å². The van der Waals surface area contributed by atoms with E-state index in [0.717, 1.165) is 22.5 Å². The van der Waals surface area contributed by atoms with Crippen molar-refractivity contribution < 1.29 is 9.21 Å². The fourth-order valence-corrected chi connectivity index (χ4v) is 3.02. The molecule has 0 bridgehead atoms. The predicted octanol–water partition coefficient (Wildman–Crippen LogP) is 2.86. The maximum atomic E-state index is 11.8. The second-order valence-corrected chi connectivity index (χ2v) is 7.04. The molecule has 0 aliphatic rings. The van der Waals surface area contributed by atoms with Crippen LogP contribution in [0.1, 0.15) is 18.2 Å². The summed E-state index contributed by atoms with van der Waals surface area (Å²) in [5, 5.41) is 15.8. The molecule has 1 atom stereocenters. The average Bonchev–Trinajstić information content (AvgIpc) is 3.39. The minimum atomic E-state index is -0.551. The van der Waals surface area contributed by atoms with Gasteiger partial charge in [0, 0.05) is 12.1 Å². The van der Waals surface area contributed by atoms with Gasteiger partial charge in [-0.1, -0.05) is 30.3 Å². The highest BCUT2D eigenvalue weighted by Crippen LogP contribution is 2.26. The lowest BCUT2D eigenvalue weighted by atomic mass is 10.2. The molecule has 0 spiro atoms. The maximum Gasteiger partial charge on any atom is 0.266 e. The number of aromatic nitrogens is 4. The highest BCUT2D eigenvalue weighted by atomic mass is 16.4. The Morgan fingerprint density at radius 1 is 1.10 bits per heavy atom. The SMILES string of the molecule is Cc1cc(-c2nnc(-c3ccccc3)o2)n(-c2cccc(CNC(=O)C(C)N)c2)n1. The van der Waals surface area contributed by atoms with Crippen LogP contribution in [0.3, 0.4) is 0 Å². The molecule has 8 heteroatoms. The van der Waals surface area contributed by atoms with E-state index < -0.39 is 6.04 Å². The van der Waals surface area contributed by atoms with Crippen LogP contribution in [0.2, 0.25) is 0 Å². The van der Waals surface area contributed by atoms with E-state index in [1.165, 1.54) is 0 Å². The van der Waals surface area contributed by atoms with Crippen molar-refractivity contribution in [3.8, 4) is 28.7 Å². The Morgan fingerprint density at radius 2 is 1.87 bits per heavy atom. The van der Waals surface area contributed by atoms with Gasteiger partial charge in [-0.25, -0.2) is 4.68 Å². The second kappa shape index (κ2) is 8.30. The molecular formula is C22H22N6O2. The largest absolute Gasteiger partial charge is 0.415 e. The van der Waals surface area contributed by atoms with E-state index >= 15 is 0 Å². The lowest BCUT2D eigenvalue weighted by Gasteiger charge is -2.10. The van der Waals surface area contributed by atoms with Gasteiger partial charge in [0.25, 0.3) is 5.89 Å². The maximum absolute atomic E-state index is 11.8. The first-order valence-electron chi connectivity index (χ1n) is 9.60. The van der Waals surface area contributed by atoms with Gasteiger partial charge in [0.2, 0.25) is 11.8 Å². The molecule has 2 heterocycles. The zero-order valence-electron chi connectivity index (χ0n) is 16.7. The molecule has 0 saturated carbocycles. The number of hydrogen-bond acceptors (Lipinski definition) is 6. The Hall–Kier alpha value is -3.78. The Morgan fingerprint density at radius 3 is 2.63 bits per heavy atom. The van der Waals surface area contributed by atoms with Crippen LogP contribution in [0.15, 0.2) is 65.1 Å². The third-order valence-corrected chi connectivity index (χ3v) is 4.53. The van der Waals surface area contributed by atoms with E-state index in [1.54, 1.807) is 11.6 Å². The molecule has 0 saturated heterocycles. The van der Waals surface area contributed by atoms with Gasteiger partial charge in [0.15, 0.2) is 0 Å². The lowest BCUT2D eigenvalue weighted by Crippen LogP contribution is -2.37. The van der Waals surface area contributed by atoms with E-state index in [9.17, 15) is 4.79 Å². The van der Waals surface area contributed by atoms with Crippen LogP contribution in [0, 0.1) is 6.92 Å². The lowest BCUT2D eigenvalue weighted by molar-refractivity contribution is -0.122. The van der Waals surface area contributed by atoms with E-state index in [1.807, 2.05) is 67.6 Å². The summed E-state index contributed by atoms with van der Waals surface area (Å²) in [7, 11) is 0. The smallest absolute Gasteiger partial charge is 0.266 e. The van der Waals surface area contributed by atoms with E-state index in [2.05, 4.69) is 20.6 Å². The Balaban J connectivity index is 1.64. The topological polar surface area (TPSA) is 112 Å². The van der Waals surface area contributed by atoms with Gasteiger partial charge < -0.3 is 15.5 Å². The predicted molar refractivity (Wildman–Crippen MR) is 113 cm³/mol. The monoisotopic (exact) mass is 402 g/mol. The number of nitrogens with two attached hydrogens (primary N) is 1. The first kappa shape index (κ1) is 19.5. The van der Waals surface area contributed by atoms with E-state index in [0.29, 0.717) is 24.0 Å². The molecule has 152 valence electrons. The Labute approximate surface area is 173 Å². The summed E-state index contributed by atoms with van der Waals surface area (Å²) >= 11 is 0. The van der Waals surface area contributed by atoms with Gasteiger partial charge in [0.1, 0.15) is 5.69 Å². The Bertz CT molecular complexity index is 1160. The molecule has 0 aliphatic heterocycles. The van der Waals surface area contributed by atoms with Gasteiger partial charge in [-0.3, -0.25) is 4.79 Å². The summed E-state index contributed by atoms with van der Waals surface area (Å²) in [6.45, 7) is 3.93. The van der Waals surface area contributed by atoms with Gasteiger partial charge in [-0.15, -0.1) is 10.2 Å². The number of carbonyl (C=O) groups excluding carboxylic acids is 1. The van der Waals surface area contributed by atoms with Crippen LogP contribution in [0.5, 0.6) is 0 Å². The zero-order valence-corrected chi connectivity index (χ0v) is 16.7. The van der Waals surface area contributed by atoms with Crippen LogP contribution in [0.25, 0.3) is 28.7 Å². The van der Waals surface area contributed by atoms with Crippen LogP contribution < -0.4 is 11.1 Å². The van der Waals surface area contributed by atoms with Crippen molar-refractivity contribution in [1.29, 1.82) is 0 Å². The van der Waals surface area contributed by atoms with Crippen molar-refractivity contribution in [3.05, 3.63) is 71.9 Å². The molecule has 0 radical (unpaired) electrons. The summed E-state index contributed by atoms with van der Waals surface area (Å²) < 4.78 is 7.67. The summed E-state index contributed by atoms with van der Waals surface area (Å²) in [6, 6.07) is 18.7. The first-order chi connectivity index (χ1) is 14.5. The van der Waals surface area contributed by atoms with E-state index in [-0.39, 0.29) is 5.91 Å². The van der Waals surface area contributed by atoms with Crippen LogP contribution in [-0.4, -0.2) is 31.9 Å². The molecule has 0 aliphatic carbocycles. The highest BCUT2D eigenvalue weighted by Gasteiger charge is 2.17. The van der Waals surface area contributed by atoms with Gasteiger partial charge >= 0.3 is 0 Å². The fourth-order valence-electron chi connectivity index (χ4n) is 3.02. The molecule has 1 unspecified atom stereocenters. The Kier molecular flexibility index (Phi) is 5.40.